The highest BCUT2D eigenvalue weighted by molar-refractivity contribution is 9.10. The van der Waals surface area contributed by atoms with E-state index in [1.165, 1.54) is 5.56 Å². The fraction of sp³-hybridized carbons (Fsp3) is 0.400. The number of rotatable bonds is 5. The SMILES string of the molecule is Cc1ccn(-c2ccc(Br)cc2CNCC(C)C)n1. The Bertz CT molecular complexity index is 546. The van der Waals surface area contributed by atoms with E-state index in [4.69, 9.17) is 0 Å². The molecule has 1 aromatic heterocycles. The molecule has 0 atom stereocenters. The number of halogens is 1. The zero-order chi connectivity index (χ0) is 13.8. The van der Waals surface area contributed by atoms with Crippen LogP contribution in [0.25, 0.3) is 5.69 Å². The average molecular weight is 322 g/mol. The van der Waals surface area contributed by atoms with Gasteiger partial charge in [0.15, 0.2) is 0 Å². The summed E-state index contributed by atoms with van der Waals surface area (Å²) in [6, 6.07) is 8.33. The fourth-order valence-electron chi connectivity index (χ4n) is 1.96. The van der Waals surface area contributed by atoms with Gasteiger partial charge in [-0.2, -0.15) is 5.10 Å². The molecule has 0 aliphatic carbocycles. The maximum absolute atomic E-state index is 4.49. The second-order valence-electron chi connectivity index (χ2n) is 5.20. The molecule has 0 bridgehead atoms. The molecule has 0 saturated heterocycles. The highest BCUT2D eigenvalue weighted by Gasteiger charge is 2.07. The van der Waals surface area contributed by atoms with Gasteiger partial charge in [-0.25, -0.2) is 4.68 Å². The number of benzene rings is 1. The summed E-state index contributed by atoms with van der Waals surface area (Å²) in [6.07, 6.45) is 2.00. The molecule has 3 nitrogen and oxygen atoms in total. The lowest BCUT2D eigenvalue weighted by Gasteiger charge is -2.12. The Balaban J connectivity index is 2.23. The quantitative estimate of drug-likeness (QED) is 0.910. The maximum atomic E-state index is 4.49. The molecule has 1 aromatic carbocycles. The van der Waals surface area contributed by atoms with Crippen LogP contribution >= 0.6 is 15.9 Å². The van der Waals surface area contributed by atoms with E-state index in [-0.39, 0.29) is 0 Å². The Labute approximate surface area is 123 Å². The van der Waals surface area contributed by atoms with E-state index in [9.17, 15) is 0 Å². The molecular weight excluding hydrogens is 302 g/mol. The summed E-state index contributed by atoms with van der Waals surface area (Å²) in [7, 11) is 0. The average Bonchev–Trinajstić information content (AvgIpc) is 2.75. The topological polar surface area (TPSA) is 29.9 Å². The minimum atomic E-state index is 0.655. The van der Waals surface area contributed by atoms with Gasteiger partial charge in [0, 0.05) is 17.2 Å². The van der Waals surface area contributed by atoms with Crippen molar-refractivity contribution in [3.63, 3.8) is 0 Å². The summed E-state index contributed by atoms with van der Waals surface area (Å²) >= 11 is 3.54. The van der Waals surface area contributed by atoms with Gasteiger partial charge in [-0.3, -0.25) is 0 Å². The predicted molar refractivity (Wildman–Crippen MR) is 82.5 cm³/mol. The fourth-order valence-corrected chi connectivity index (χ4v) is 2.37. The van der Waals surface area contributed by atoms with Gasteiger partial charge in [0.05, 0.1) is 11.4 Å². The van der Waals surface area contributed by atoms with Gasteiger partial charge in [0.2, 0.25) is 0 Å². The molecule has 102 valence electrons. The predicted octanol–water partition coefficient (Wildman–Crippen LogP) is 3.69. The molecule has 4 heteroatoms. The Morgan fingerprint density at radius 3 is 2.74 bits per heavy atom. The van der Waals surface area contributed by atoms with Gasteiger partial charge in [0.25, 0.3) is 0 Å². The molecule has 1 heterocycles. The van der Waals surface area contributed by atoms with Crippen LogP contribution < -0.4 is 5.32 Å². The summed E-state index contributed by atoms with van der Waals surface area (Å²) in [5.41, 5.74) is 3.41. The first-order valence-corrected chi connectivity index (χ1v) is 7.37. The normalized spacial score (nSPS) is 11.2. The Hall–Kier alpha value is -1.13. The smallest absolute Gasteiger partial charge is 0.0691 e. The molecule has 2 aromatic rings. The molecule has 0 amide bonds. The van der Waals surface area contributed by atoms with Crippen LogP contribution in [0.4, 0.5) is 0 Å². The van der Waals surface area contributed by atoms with E-state index in [1.54, 1.807) is 0 Å². The van der Waals surface area contributed by atoms with Crippen molar-refractivity contribution in [2.45, 2.75) is 27.3 Å². The molecule has 0 saturated carbocycles. The van der Waals surface area contributed by atoms with Crippen LogP contribution in [-0.2, 0) is 6.54 Å². The maximum Gasteiger partial charge on any atom is 0.0691 e. The number of aryl methyl sites for hydroxylation is 1. The Kier molecular flexibility index (Phi) is 4.77. The van der Waals surface area contributed by atoms with Crippen LogP contribution in [0, 0.1) is 12.8 Å². The van der Waals surface area contributed by atoms with Crippen molar-refractivity contribution in [2.75, 3.05) is 6.54 Å². The Morgan fingerprint density at radius 2 is 2.11 bits per heavy atom. The molecule has 0 radical (unpaired) electrons. The monoisotopic (exact) mass is 321 g/mol. The number of hydrogen-bond donors (Lipinski definition) is 1. The van der Waals surface area contributed by atoms with Crippen molar-refractivity contribution in [3.8, 4) is 5.69 Å². The summed E-state index contributed by atoms with van der Waals surface area (Å²) in [6.45, 7) is 8.30. The lowest BCUT2D eigenvalue weighted by Crippen LogP contribution is -2.20. The second kappa shape index (κ2) is 6.35. The van der Waals surface area contributed by atoms with Gasteiger partial charge >= 0.3 is 0 Å². The van der Waals surface area contributed by atoms with Crippen LogP contribution in [0.2, 0.25) is 0 Å². The van der Waals surface area contributed by atoms with Gasteiger partial charge in [-0.05, 0) is 49.2 Å². The van der Waals surface area contributed by atoms with Crippen LogP contribution in [0.15, 0.2) is 34.9 Å². The van der Waals surface area contributed by atoms with Gasteiger partial charge in [0.1, 0.15) is 0 Å². The van der Waals surface area contributed by atoms with E-state index in [0.717, 1.165) is 28.9 Å². The number of nitrogens with zero attached hydrogens (tertiary/aromatic N) is 2. The van der Waals surface area contributed by atoms with E-state index < -0.39 is 0 Å². The molecule has 1 N–H and O–H groups in total. The van der Waals surface area contributed by atoms with Crippen LogP contribution in [0.5, 0.6) is 0 Å². The van der Waals surface area contributed by atoms with Crippen LogP contribution in [0.3, 0.4) is 0 Å². The second-order valence-corrected chi connectivity index (χ2v) is 6.12. The summed E-state index contributed by atoms with van der Waals surface area (Å²) in [5.74, 6) is 0.655. The molecule has 0 aliphatic rings. The molecule has 0 fully saturated rings. The summed E-state index contributed by atoms with van der Waals surface area (Å²) in [4.78, 5) is 0. The van der Waals surface area contributed by atoms with Gasteiger partial charge in [-0.15, -0.1) is 0 Å². The van der Waals surface area contributed by atoms with Crippen molar-refractivity contribution in [1.29, 1.82) is 0 Å². The highest BCUT2D eigenvalue weighted by Crippen LogP contribution is 2.20. The molecule has 0 aliphatic heterocycles. The van der Waals surface area contributed by atoms with Crippen molar-refractivity contribution >= 4 is 15.9 Å². The van der Waals surface area contributed by atoms with Crippen molar-refractivity contribution in [2.24, 2.45) is 5.92 Å². The first-order chi connectivity index (χ1) is 9.06. The molecule has 2 rings (SSSR count). The summed E-state index contributed by atoms with van der Waals surface area (Å²) in [5, 5.41) is 7.97. The summed E-state index contributed by atoms with van der Waals surface area (Å²) < 4.78 is 3.04. The van der Waals surface area contributed by atoms with E-state index >= 15 is 0 Å². The first-order valence-electron chi connectivity index (χ1n) is 6.58. The lowest BCUT2D eigenvalue weighted by molar-refractivity contribution is 0.551. The number of hydrogen-bond acceptors (Lipinski definition) is 2. The van der Waals surface area contributed by atoms with Crippen molar-refractivity contribution in [3.05, 3.63) is 46.2 Å². The molecule has 0 spiro atoms. The zero-order valence-electron chi connectivity index (χ0n) is 11.7. The van der Waals surface area contributed by atoms with E-state index in [0.29, 0.717) is 5.92 Å². The number of nitrogens with one attached hydrogen (secondary N) is 1. The minimum Gasteiger partial charge on any atom is -0.312 e. The van der Waals surface area contributed by atoms with Crippen LogP contribution in [-0.4, -0.2) is 16.3 Å². The highest BCUT2D eigenvalue weighted by atomic mass is 79.9. The molecule has 0 unspecified atom stereocenters. The van der Waals surface area contributed by atoms with Crippen molar-refractivity contribution in [1.82, 2.24) is 15.1 Å². The Morgan fingerprint density at radius 1 is 1.32 bits per heavy atom. The first kappa shape index (κ1) is 14.3. The zero-order valence-corrected chi connectivity index (χ0v) is 13.2. The third-order valence-corrected chi connectivity index (χ3v) is 3.37. The standard InChI is InChI=1S/C15H20BrN3/c1-11(2)9-17-10-13-8-14(16)4-5-15(13)19-7-6-12(3)18-19/h4-8,11,17H,9-10H2,1-3H3. The largest absolute Gasteiger partial charge is 0.312 e. The van der Waals surface area contributed by atoms with E-state index in [2.05, 4.69) is 58.4 Å². The van der Waals surface area contributed by atoms with Crippen molar-refractivity contribution < 1.29 is 0 Å². The molecular formula is C15H20BrN3. The third-order valence-electron chi connectivity index (χ3n) is 2.88. The van der Waals surface area contributed by atoms with Gasteiger partial charge in [-0.1, -0.05) is 29.8 Å². The lowest BCUT2D eigenvalue weighted by atomic mass is 10.1. The molecule has 19 heavy (non-hydrogen) atoms. The van der Waals surface area contributed by atoms with Gasteiger partial charge < -0.3 is 5.32 Å². The third kappa shape index (κ3) is 3.91. The van der Waals surface area contributed by atoms with Crippen LogP contribution in [0.1, 0.15) is 25.1 Å². The van der Waals surface area contributed by atoms with E-state index in [1.807, 2.05) is 23.9 Å². The minimum absolute atomic E-state index is 0.655. The number of aromatic nitrogens is 2.